The van der Waals surface area contributed by atoms with Gasteiger partial charge < -0.3 is 5.73 Å². The molecule has 0 aliphatic rings. The lowest BCUT2D eigenvalue weighted by atomic mass is 10.3. The van der Waals surface area contributed by atoms with E-state index in [0.717, 1.165) is 0 Å². The van der Waals surface area contributed by atoms with Gasteiger partial charge in [-0.2, -0.15) is 8.57 Å². The normalized spacial score (nSPS) is 8.80. The second-order valence-corrected chi connectivity index (χ2v) is 2.09. The first kappa shape index (κ1) is 6.95. The minimum Gasteiger partial charge on any atom is -0.399 e. The van der Waals surface area contributed by atoms with E-state index in [0.29, 0.717) is 11.4 Å². The molecule has 0 radical (unpaired) electrons. The number of benzene rings is 1. The third-order valence-corrected chi connectivity index (χ3v) is 1.30. The molecule has 4 heteroatoms. The summed E-state index contributed by atoms with van der Waals surface area (Å²) in [6, 6.07) is 6.87. The summed E-state index contributed by atoms with van der Waals surface area (Å²) in [4.78, 5) is 0. The van der Waals surface area contributed by atoms with Gasteiger partial charge in [0.2, 0.25) is 11.5 Å². The zero-order chi connectivity index (χ0) is 7.40. The van der Waals surface area contributed by atoms with E-state index in [1.54, 1.807) is 24.3 Å². The molecule has 1 aromatic carbocycles. The fourth-order valence-electron chi connectivity index (χ4n) is 0.625. The highest BCUT2D eigenvalue weighted by Gasteiger charge is 1.86. The first-order chi connectivity index (χ1) is 4.83. The van der Waals surface area contributed by atoms with Crippen LogP contribution in [-0.2, 0) is 11.5 Å². The summed E-state index contributed by atoms with van der Waals surface area (Å²) in [6.07, 6.45) is 0. The van der Waals surface area contributed by atoms with Crippen LogP contribution in [0.25, 0.3) is 0 Å². The quantitative estimate of drug-likeness (QED) is 0.620. The van der Waals surface area contributed by atoms with Crippen LogP contribution >= 0.6 is 0 Å². The molecule has 0 aliphatic carbocycles. The third kappa shape index (κ3) is 1.66. The van der Waals surface area contributed by atoms with Crippen molar-refractivity contribution in [2.24, 2.45) is 4.36 Å². The van der Waals surface area contributed by atoms with E-state index >= 15 is 0 Å². The van der Waals surface area contributed by atoms with E-state index in [2.05, 4.69) is 4.36 Å². The van der Waals surface area contributed by atoms with Crippen molar-refractivity contribution in [1.82, 2.24) is 0 Å². The average Bonchev–Trinajstić information content (AvgIpc) is 1.88. The first-order valence-corrected chi connectivity index (χ1v) is 3.38. The van der Waals surface area contributed by atoms with Gasteiger partial charge in [0.05, 0.1) is 5.69 Å². The maximum Gasteiger partial charge on any atom is 0.205 e. The molecule has 0 heterocycles. The van der Waals surface area contributed by atoms with Gasteiger partial charge in [0, 0.05) is 5.69 Å². The van der Waals surface area contributed by atoms with Gasteiger partial charge in [-0.25, -0.2) is 0 Å². The molecule has 0 fully saturated rings. The molecule has 0 bridgehead atoms. The SMILES string of the molecule is Nc1cccc(N=S=O)c1. The molecule has 2 N–H and O–H groups in total. The molecule has 1 rings (SSSR count). The molecular weight excluding hydrogens is 148 g/mol. The Kier molecular flexibility index (Phi) is 2.17. The summed E-state index contributed by atoms with van der Waals surface area (Å²) in [6.45, 7) is 0. The zero-order valence-electron chi connectivity index (χ0n) is 5.15. The monoisotopic (exact) mass is 154 g/mol. The van der Waals surface area contributed by atoms with Gasteiger partial charge in [0.25, 0.3) is 0 Å². The van der Waals surface area contributed by atoms with Crippen molar-refractivity contribution in [3.05, 3.63) is 24.3 Å². The number of hydrogen-bond donors (Lipinski definition) is 1. The molecule has 52 valence electrons. The van der Waals surface area contributed by atoms with Crippen molar-refractivity contribution in [3.63, 3.8) is 0 Å². The predicted molar refractivity (Wildman–Crippen MR) is 41.1 cm³/mol. The van der Waals surface area contributed by atoms with Crippen molar-refractivity contribution in [3.8, 4) is 0 Å². The van der Waals surface area contributed by atoms with Gasteiger partial charge in [-0.1, -0.05) is 6.07 Å². The van der Waals surface area contributed by atoms with E-state index in [9.17, 15) is 4.21 Å². The summed E-state index contributed by atoms with van der Waals surface area (Å²) in [5.41, 5.74) is 6.65. The van der Waals surface area contributed by atoms with Gasteiger partial charge in [-0.3, -0.25) is 0 Å². The van der Waals surface area contributed by atoms with Crippen molar-refractivity contribution in [2.45, 2.75) is 0 Å². The van der Waals surface area contributed by atoms with Gasteiger partial charge >= 0.3 is 0 Å². The van der Waals surface area contributed by atoms with Crippen LogP contribution in [-0.4, -0.2) is 4.21 Å². The van der Waals surface area contributed by atoms with E-state index in [1.165, 1.54) is 0 Å². The molecule has 0 atom stereocenters. The van der Waals surface area contributed by atoms with E-state index < -0.39 is 0 Å². The Labute approximate surface area is 62.1 Å². The van der Waals surface area contributed by atoms with Crippen LogP contribution in [0.1, 0.15) is 0 Å². The lowest BCUT2D eigenvalue weighted by Crippen LogP contribution is -1.80. The highest BCUT2D eigenvalue weighted by atomic mass is 32.1. The lowest BCUT2D eigenvalue weighted by Gasteiger charge is -1.90. The lowest BCUT2D eigenvalue weighted by molar-refractivity contribution is 0.698. The van der Waals surface area contributed by atoms with Crippen LogP contribution < -0.4 is 5.73 Å². The van der Waals surface area contributed by atoms with E-state index in [-0.39, 0.29) is 11.5 Å². The van der Waals surface area contributed by atoms with Crippen molar-refractivity contribution in [2.75, 3.05) is 5.73 Å². The number of anilines is 1. The zero-order valence-corrected chi connectivity index (χ0v) is 5.97. The minimum absolute atomic E-state index is 0.183. The van der Waals surface area contributed by atoms with Crippen LogP contribution in [0.3, 0.4) is 0 Å². The molecule has 1 aromatic rings. The molecule has 0 saturated carbocycles. The highest BCUT2D eigenvalue weighted by Crippen LogP contribution is 2.13. The van der Waals surface area contributed by atoms with E-state index in [1.807, 2.05) is 0 Å². The summed E-state index contributed by atoms with van der Waals surface area (Å²) in [7, 11) is 0. The number of nitrogens with zero attached hydrogens (tertiary/aromatic N) is 1. The standard InChI is InChI=1S/C6H6N2OS/c7-5-2-1-3-6(4-5)8-10-9/h1-4H,7H2. The van der Waals surface area contributed by atoms with Crippen LogP contribution in [0.2, 0.25) is 0 Å². The second kappa shape index (κ2) is 3.12. The fraction of sp³-hybridized carbons (Fsp3) is 0. The van der Waals surface area contributed by atoms with Crippen molar-refractivity contribution >= 4 is 22.8 Å². The Balaban J connectivity index is 3.06. The second-order valence-electron chi connectivity index (χ2n) is 1.76. The molecule has 0 aliphatic heterocycles. The Morgan fingerprint density at radius 1 is 1.50 bits per heavy atom. The molecule has 0 amide bonds. The number of nitrogens with two attached hydrogens (primary N) is 1. The van der Waals surface area contributed by atoms with Crippen LogP contribution in [0.4, 0.5) is 11.4 Å². The Bertz CT molecular complexity index is 281. The number of nitrogen functional groups attached to an aromatic ring is 1. The van der Waals surface area contributed by atoms with Gasteiger partial charge in [-0.05, 0) is 18.2 Å². The fourth-order valence-corrected chi connectivity index (χ4v) is 0.824. The average molecular weight is 154 g/mol. The van der Waals surface area contributed by atoms with Gasteiger partial charge in [0.15, 0.2) is 0 Å². The molecule has 10 heavy (non-hydrogen) atoms. The summed E-state index contributed by atoms with van der Waals surface area (Å²) in [5, 5.41) is 0. The van der Waals surface area contributed by atoms with Crippen LogP contribution in [0, 0.1) is 0 Å². The maximum absolute atomic E-state index is 9.92. The predicted octanol–water partition coefficient (Wildman–Crippen LogP) is 1.30. The van der Waals surface area contributed by atoms with Gasteiger partial charge in [0.1, 0.15) is 0 Å². The first-order valence-electron chi connectivity index (χ1n) is 2.68. The molecule has 0 spiro atoms. The molecule has 0 unspecified atom stereocenters. The highest BCUT2D eigenvalue weighted by molar-refractivity contribution is 7.54. The molecule has 3 nitrogen and oxygen atoms in total. The topological polar surface area (TPSA) is 55.4 Å². The molecular formula is C6H6N2OS. The summed E-state index contributed by atoms with van der Waals surface area (Å²) < 4.78 is 13.5. The molecule has 0 aromatic heterocycles. The summed E-state index contributed by atoms with van der Waals surface area (Å²) >= 11 is 0.183. The third-order valence-electron chi connectivity index (χ3n) is 1.01. The summed E-state index contributed by atoms with van der Waals surface area (Å²) in [5.74, 6) is 0. The molecule has 0 saturated heterocycles. The van der Waals surface area contributed by atoms with Gasteiger partial charge in [-0.15, -0.1) is 0 Å². The number of hydrogen-bond acceptors (Lipinski definition) is 3. The van der Waals surface area contributed by atoms with Crippen molar-refractivity contribution in [1.29, 1.82) is 0 Å². The van der Waals surface area contributed by atoms with Crippen LogP contribution in [0.15, 0.2) is 28.6 Å². The Morgan fingerprint density at radius 2 is 2.30 bits per heavy atom. The minimum atomic E-state index is 0.183. The largest absolute Gasteiger partial charge is 0.399 e. The maximum atomic E-state index is 9.92. The number of rotatable bonds is 1. The van der Waals surface area contributed by atoms with E-state index in [4.69, 9.17) is 5.73 Å². The smallest absolute Gasteiger partial charge is 0.205 e. The van der Waals surface area contributed by atoms with Crippen molar-refractivity contribution < 1.29 is 4.21 Å². The van der Waals surface area contributed by atoms with Crippen LogP contribution in [0.5, 0.6) is 0 Å². The Morgan fingerprint density at radius 3 is 2.90 bits per heavy atom. The Hall–Kier alpha value is -1.16.